The van der Waals surface area contributed by atoms with Crippen molar-refractivity contribution in [3.05, 3.63) is 0 Å². The molecule has 0 aromatic heterocycles. The summed E-state index contributed by atoms with van der Waals surface area (Å²) in [7, 11) is 0. The molecular formula is C10H16N2O2. The predicted molar refractivity (Wildman–Crippen MR) is 51.2 cm³/mol. The minimum atomic E-state index is -0.289. The highest BCUT2D eigenvalue weighted by Gasteiger charge is 2.24. The lowest BCUT2D eigenvalue weighted by Crippen LogP contribution is -2.40. The van der Waals surface area contributed by atoms with Crippen LogP contribution in [0.5, 0.6) is 0 Å². The Morgan fingerprint density at radius 2 is 2.21 bits per heavy atom. The number of rotatable bonds is 2. The highest BCUT2D eigenvalue weighted by molar-refractivity contribution is 5.78. The van der Waals surface area contributed by atoms with Crippen LogP contribution in [0.1, 0.15) is 26.2 Å². The second-order valence-electron chi connectivity index (χ2n) is 3.79. The van der Waals surface area contributed by atoms with Crippen LogP contribution in [0, 0.1) is 17.2 Å². The number of piperidine rings is 1. The van der Waals surface area contributed by atoms with E-state index >= 15 is 0 Å². The fourth-order valence-corrected chi connectivity index (χ4v) is 1.81. The monoisotopic (exact) mass is 196 g/mol. The van der Waals surface area contributed by atoms with Crippen LogP contribution in [0.2, 0.25) is 0 Å². The molecule has 0 aliphatic carbocycles. The maximum atomic E-state index is 11.3. The molecule has 1 N–H and O–H groups in total. The molecule has 1 aliphatic heterocycles. The Bertz CT molecular complexity index is 237. The van der Waals surface area contributed by atoms with E-state index in [9.17, 15) is 9.90 Å². The average molecular weight is 196 g/mol. The van der Waals surface area contributed by atoms with E-state index in [0.717, 1.165) is 12.8 Å². The number of aliphatic hydroxyl groups excluding tert-OH is 1. The van der Waals surface area contributed by atoms with Gasteiger partial charge in [-0.2, -0.15) is 5.26 Å². The molecule has 1 saturated heterocycles. The minimum absolute atomic E-state index is 0.0284. The third-order valence-corrected chi connectivity index (χ3v) is 2.80. The number of amides is 1. The predicted octanol–water partition coefficient (Wildman–Crippen LogP) is 0.519. The first-order chi connectivity index (χ1) is 6.65. The number of carbonyl (C=O) groups is 1. The van der Waals surface area contributed by atoms with E-state index in [1.807, 2.05) is 6.07 Å². The first-order valence-electron chi connectivity index (χ1n) is 4.98. The van der Waals surface area contributed by atoms with Crippen molar-refractivity contribution in [2.75, 3.05) is 13.1 Å². The first kappa shape index (κ1) is 11.0. The molecular weight excluding hydrogens is 180 g/mol. The van der Waals surface area contributed by atoms with Crippen LogP contribution in [-0.4, -0.2) is 35.1 Å². The molecule has 14 heavy (non-hydrogen) atoms. The lowest BCUT2D eigenvalue weighted by Gasteiger charge is -2.32. The molecule has 4 heteroatoms. The molecule has 0 aromatic rings. The highest BCUT2D eigenvalue weighted by Crippen LogP contribution is 2.20. The fourth-order valence-electron chi connectivity index (χ4n) is 1.81. The van der Waals surface area contributed by atoms with Gasteiger partial charge in [-0.15, -0.1) is 0 Å². The van der Waals surface area contributed by atoms with Crippen molar-refractivity contribution >= 4 is 5.91 Å². The van der Waals surface area contributed by atoms with E-state index in [1.165, 1.54) is 0 Å². The van der Waals surface area contributed by atoms with Crippen LogP contribution in [0.15, 0.2) is 0 Å². The highest BCUT2D eigenvalue weighted by atomic mass is 16.3. The van der Waals surface area contributed by atoms with Crippen molar-refractivity contribution in [2.24, 2.45) is 5.92 Å². The zero-order valence-corrected chi connectivity index (χ0v) is 8.44. The molecule has 1 atom stereocenters. The van der Waals surface area contributed by atoms with E-state index in [0.29, 0.717) is 19.0 Å². The Balaban J connectivity index is 2.36. The van der Waals surface area contributed by atoms with E-state index in [4.69, 9.17) is 5.26 Å². The summed E-state index contributed by atoms with van der Waals surface area (Å²) in [6, 6.07) is 1.86. The van der Waals surface area contributed by atoms with Crippen LogP contribution in [-0.2, 0) is 4.79 Å². The van der Waals surface area contributed by atoms with Crippen molar-refractivity contribution in [1.82, 2.24) is 4.90 Å². The van der Waals surface area contributed by atoms with Gasteiger partial charge >= 0.3 is 0 Å². The molecule has 0 saturated carbocycles. The summed E-state index contributed by atoms with van der Waals surface area (Å²) in [5.74, 6) is 0.220. The summed E-state index contributed by atoms with van der Waals surface area (Å²) in [5.41, 5.74) is 0. The van der Waals surface area contributed by atoms with Gasteiger partial charge in [0.25, 0.3) is 0 Å². The van der Waals surface area contributed by atoms with Crippen LogP contribution in [0.25, 0.3) is 0 Å². The lowest BCUT2D eigenvalue weighted by atomic mass is 9.92. The van der Waals surface area contributed by atoms with Crippen LogP contribution in [0.4, 0.5) is 0 Å². The Labute approximate surface area is 84.1 Å². The van der Waals surface area contributed by atoms with Crippen molar-refractivity contribution in [1.29, 1.82) is 5.26 Å². The van der Waals surface area contributed by atoms with Crippen LogP contribution < -0.4 is 0 Å². The van der Waals surface area contributed by atoms with Gasteiger partial charge in [-0.25, -0.2) is 0 Å². The maximum absolute atomic E-state index is 11.3. The van der Waals surface area contributed by atoms with Crippen molar-refractivity contribution in [3.63, 3.8) is 0 Å². The Morgan fingerprint density at radius 3 is 2.64 bits per heavy atom. The Kier molecular flexibility index (Phi) is 3.90. The second kappa shape index (κ2) is 4.97. The molecule has 1 heterocycles. The second-order valence-corrected chi connectivity index (χ2v) is 3.79. The van der Waals surface area contributed by atoms with Gasteiger partial charge in [0.15, 0.2) is 0 Å². The van der Waals surface area contributed by atoms with E-state index in [-0.39, 0.29) is 18.4 Å². The van der Waals surface area contributed by atoms with Gasteiger partial charge in [0.05, 0.1) is 12.2 Å². The molecule has 0 aromatic carbocycles. The number of aliphatic hydroxyl groups is 1. The molecule has 1 aliphatic rings. The lowest BCUT2D eigenvalue weighted by molar-refractivity contribution is -0.132. The summed E-state index contributed by atoms with van der Waals surface area (Å²) in [6.07, 6.45) is 1.37. The number of likely N-dealkylation sites (tertiary alicyclic amines) is 1. The number of nitrogens with zero attached hydrogens (tertiary/aromatic N) is 2. The third kappa shape index (κ3) is 2.71. The summed E-state index contributed by atoms with van der Waals surface area (Å²) in [5, 5.41) is 17.7. The van der Waals surface area contributed by atoms with Crippen molar-refractivity contribution < 1.29 is 9.90 Å². The van der Waals surface area contributed by atoms with Gasteiger partial charge in [0.1, 0.15) is 6.42 Å². The van der Waals surface area contributed by atoms with Gasteiger partial charge in [-0.05, 0) is 25.7 Å². The fraction of sp³-hybridized carbons (Fsp3) is 0.800. The molecule has 1 rings (SSSR count). The summed E-state index contributed by atoms with van der Waals surface area (Å²) >= 11 is 0. The van der Waals surface area contributed by atoms with E-state index in [2.05, 4.69) is 0 Å². The molecule has 0 radical (unpaired) electrons. The summed E-state index contributed by atoms with van der Waals surface area (Å²) in [4.78, 5) is 13.0. The number of nitriles is 1. The summed E-state index contributed by atoms with van der Waals surface area (Å²) in [6.45, 7) is 3.14. The number of carbonyl (C=O) groups excluding carboxylic acids is 1. The van der Waals surface area contributed by atoms with Gasteiger partial charge < -0.3 is 10.0 Å². The SMILES string of the molecule is C[C@@H](O)C1CCN(C(=O)CC#N)CC1. The third-order valence-electron chi connectivity index (χ3n) is 2.80. The van der Waals surface area contributed by atoms with Crippen LogP contribution >= 0.6 is 0 Å². The maximum Gasteiger partial charge on any atom is 0.236 e. The molecule has 0 unspecified atom stereocenters. The zero-order chi connectivity index (χ0) is 10.6. The molecule has 78 valence electrons. The molecule has 1 fully saturated rings. The average Bonchev–Trinajstić information content (AvgIpc) is 2.18. The van der Waals surface area contributed by atoms with Crippen molar-refractivity contribution in [3.8, 4) is 6.07 Å². The first-order valence-corrected chi connectivity index (χ1v) is 4.98. The summed E-state index contributed by atoms with van der Waals surface area (Å²) < 4.78 is 0. The molecule has 0 spiro atoms. The smallest absolute Gasteiger partial charge is 0.236 e. The molecule has 4 nitrogen and oxygen atoms in total. The normalized spacial score (nSPS) is 20.2. The largest absolute Gasteiger partial charge is 0.393 e. The number of hydrogen-bond donors (Lipinski definition) is 1. The van der Waals surface area contributed by atoms with Gasteiger partial charge in [-0.1, -0.05) is 0 Å². The van der Waals surface area contributed by atoms with E-state index in [1.54, 1.807) is 11.8 Å². The van der Waals surface area contributed by atoms with Crippen molar-refractivity contribution in [2.45, 2.75) is 32.3 Å². The van der Waals surface area contributed by atoms with E-state index < -0.39 is 0 Å². The Morgan fingerprint density at radius 1 is 1.64 bits per heavy atom. The molecule has 0 bridgehead atoms. The van der Waals surface area contributed by atoms with Gasteiger partial charge in [0.2, 0.25) is 5.91 Å². The topological polar surface area (TPSA) is 64.3 Å². The quantitative estimate of drug-likeness (QED) is 0.700. The van der Waals surface area contributed by atoms with Crippen LogP contribution in [0.3, 0.4) is 0 Å². The zero-order valence-electron chi connectivity index (χ0n) is 8.44. The van der Waals surface area contributed by atoms with Gasteiger partial charge in [0, 0.05) is 13.1 Å². The Hall–Kier alpha value is -1.08. The standard InChI is InChI=1S/C10H16N2O2/c1-8(13)9-3-6-12(7-4-9)10(14)2-5-11/h8-9,13H,2-4,6-7H2,1H3/t8-/m1/s1. The number of hydrogen-bond acceptors (Lipinski definition) is 3. The minimum Gasteiger partial charge on any atom is -0.393 e. The molecule has 1 amide bonds. The van der Waals surface area contributed by atoms with Gasteiger partial charge in [-0.3, -0.25) is 4.79 Å².